The molecule has 1 aliphatic carbocycles. The number of hydrogen-bond donors (Lipinski definition) is 2. The summed E-state index contributed by atoms with van der Waals surface area (Å²) < 4.78 is 46.0. The average molecular weight is 624 g/mol. The van der Waals surface area contributed by atoms with Crippen LogP contribution in [0.15, 0.2) is 97.2 Å². The molecule has 0 saturated heterocycles. The van der Waals surface area contributed by atoms with E-state index in [2.05, 4.69) is 15.6 Å². The second-order valence-electron chi connectivity index (χ2n) is 11.6. The topological polar surface area (TPSA) is 98.8 Å². The summed E-state index contributed by atoms with van der Waals surface area (Å²) in [6, 6.07) is 24.3. The van der Waals surface area contributed by atoms with Gasteiger partial charge in [-0.1, -0.05) is 44.2 Å². The predicted octanol–water partition coefficient (Wildman–Crippen LogP) is 7.74. The van der Waals surface area contributed by atoms with Crippen molar-refractivity contribution < 1.29 is 32.6 Å². The zero-order valence-electron chi connectivity index (χ0n) is 25.3. The summed E-state index contributed by atoms with van der Waals surface area (Å²) >= 11 is 0. The second kappa shape index (κ2) is 12.5. The lowest BCUT2D eigenvalue weighted by molar-refractivity contribution is -0.122. The number of rotatable bonds is 10. The predicted molar refractivity (Wildman–Crippen MR) is 170 cm³/mol. The Balaban J connectivity index is 1.14. The van der Waals surface area contributed by atoms with Gasteiger partial charge in [-0.3, -0.25) is 14.6 Å². The number of anilines is 2. The van der Waals surface area contributed by atoms with Crippen LogP contribution in [0.1, 0.15) is 19.4 Å². The monoisotopic (exact) mass is 623 g/mol. The van der Waals surface area contributed by atoms with E-state index < -0.39 is 34.8 Å². The largest absolute Gasteiger partial charge is 0.493 e. The van der Waals surface area contributed by atoms with Gasteiger partial charge in [-0.05, 0) is 59.5 Å². The summed E-state index contributed by atoms with van der Waals surface area (Å²) in [6.45, 7) is 3.97. The number of carbonyl (C=O) groups is 2. The molecule has 0 unspecified atom stereocenters. The van der Waals surface area contributed by atoms with Gasteiger partial charge in [0, 0.05) is 35.1 Å². The highest BCUT2D eigenvalue weighted by molar-refractivity contribution is 6.04. The van der Waals surface area contributed by atoms with Gasteiger partial charge >= 0.3 is 0 Å². The Kier molecular flexibility index (Phi) is 8.27. The summed E-state index contributed by atoms with van der Waals surface area (Å²) in [5.74, 6) is -1.84. The van der Waals surface area contributed by atoms with Gasteiger partial charge in [-0.2, -0.15) is 0 Å². The maximum Gasteiger partial charge on any atom is 0.228 e. The summed E-state index contributed by atoms with van der Waals surface area (Å²) in [5.41, 5.74) is 1.60. The molecule has 234 valence electrons. The second-order valence-corrected chi connectivity index (χ2v) is 11.6. The number of pyridine rings is 1. The average Bonchev–Trinajstić information content (AvgIpc) is 3.64. The summed E-state index contributed by atoms with van der Waals surface area (Å²) in [4.78, 5) is 30.4. The fraction of sp³-hybridized carbons (Fsp3) is 0.194. The molecular weight excluding hydrogens is 592 g/mol. The fourth-order valence-corrected chi connectivity index (χ4v) is 5.59. The van der Waals surface area contributed by atoms with Crippen LogP contribution in [0.3, 0.4) is 0 Å². The standard InChI is InChI=1S/C36H31F2N3O5/c1-36(2)32(34(42)40-23-11-9-22(37)10-12-23)33(36)35(43)41-24-13-14-29(26(38)17-24)46-28-15-16-39-27-19-31(30(44-3)18-25(27)28)45-20-21-7-5-4-6-8-21/h4-19,32-33H,20H2,1-3H3,(H,40,42)(H,41,43)/t32-,33+/m0/s1. The smallest absolute Gasteiger partial charge is 0.228 e. The highest BCUT2D eigenvalue weighted by atomic mass is 19.1. The van der Waals surface area contributed by atoms with Crippen LogP contribution >= 0.6 is 0 Å². The van der Waals surface area contributed by atoms with Gasteiger partial charge in [0.15, 0.2) is 23.1 Å². The first-order valence-electron chi connectivity index (χ1n) is 14.6. The van der Waals surface area contributed by atoms with Crippen LogP contribution in [-0.4, -0.2) is 23.9 Å². The van der Waals surface area contributed by atoms with Gasteiger partial charge in [-0.25, -0.2) is 8.78 Å². The third kappa shape index (κ3) is 6.32. The normalized spacial score (nSPS) is 16.4. The van der Waals surface area contributed by atoms with E-state index in [9.17, 15) is 14.0 Å². The third-order valence-corrected chi connectivity index (χ3v) is 8.15. The molecule has 0 aliphatic heterocycles. The van der Waals surface area contributed by atoms with E-state index in [0.717, 1.165) is 11.6 Å². The number of nitrogens with zero attached hydrogens (tertiary/aromatic N) is 1. The zero-order valence-corrected chi connectivity index (χ0v) is 25.3. The number of nitrogens with one attached hydrogen (secondary N) is 2. The molecule has 1 fully saturated rings. The van der Waals surface area contributed by atoms with Crippen molar-refractivity contribution in [3.63, 3.8) is 0 Å². The minimum Gasteiger partial charge on any atom is -0.493 e. The Bertz CT molecular complexity index is 1920. The first kappa shape index (κ1) is 30.5. The molecule has 2 amide bonds. The molecule has 46 heavy (non-hydrogen) atoms. The Morgan fingerprint density at radius 1 is 0.783 bits per heavy atom. The fourth-order valence-electron chi connectivity index (χ4n) is 5.59. The molecule has 4 aromatic carbocycles. The number of benzene rings is 4. The van der Waals surface area contributed by atoms with E-state index >= 15 is 4.39 Å². The van der Waals surface area contributed by atoms with Crippen LogP contribution in [0.2, 0.25) is 0 Å². The van der Waals surface area contributed by atoms with E-state index in [0.29, 0.717) is 40.4 Å². The van der Waals surface area contributed by atoms with Crippen molar-refractivity contribution in [3.05, 3.63) is 114 Å². The van der Waals surface area contributed by atoms with Crippen LogP contribution in [0.5, 0.6) is 23.0 Å². The Labute approximate surface area is 264 Å². The molecule has 1 aliphatic rings. The molecule has 2 N–H and O–H groups in total. The number of amides is 2. The lowest BCUT2D eigenvalue weighted by atomic mass is 10.1. The van der Waals surface area contributed by atoms with E-state index in [4.69, 9.17) is 14.2 Å². The van der Waals surface area contributed by atoms with E-state index in [1.54, 1.807) is 24.4 Å². The summed E-state index contributed by atoms with van der Waals surface area (Å²) in [7, 11) is 1.53. The van der Waals surface area contributed by atoms with Crippen LogP contribution in [-0.2, 0) is 16.2 Å². The zero-order chi connectivity index (χ0) is 32.4. The number of hydrogen-bond acceptors (Lipinski definition) is 6. The van der Waals surface area contributed by atoms with Crippen molar-refractivity contribution in [3.8, 4) is 23.0 Å². The SMILES string of the molecule is COc1cc2c(Oc3ccc(NC(=O)[C@H]4[C@@H](C(=O)Nc5ccc(F)cc5)C4(C)C)cc3F)ccnc2cc1OCc1ccccc1. The van der Waals surface area contributed by atoms with Crippen molar-refractivity contribution in [1.29, 1.82) is 0 Å². The number of fused-ring (bicyclic) bond motifs is 1. The molecule has 2 atom stereocenters. The van der Waals surface area contributed by atoms with Crippen LogP contribution in [0.4, 0.5) is 20.2 Å². The number of halogens is 2. The maximum atomic E-state index is 15.3. The first-order chi connectivity index (χ1) is 22.1. The van der Waals surface area contributed by atoms with Crippen molar-refractivity contribution in [2.24, 2.45) is 17.3 Å². The molecular formula is C36H31F2N3O5. The molecule has 0 spiro atoms. The highest BCUT2D eigenvalue weighted by Crippen LogP contribution is 2.59. The molecule has 1 saturated carbocycles. The number of aromatic nitrogens is 1. The Morgan fingerprint density at radius 3 is 2.13 bits per heavy atom. The van der Waals surface area contributed by atoms with E-state index in [1.807, 2.05) is 44.2 Å². The molecule has 0 radical (unpaired) electrons. The molecule has 5 aromatic rings. The molecule has 1 aromatic heterocycles. The van der Waals surface area contributed by atoms with Crippen molar-refractivity contribution in [1.82, 2.24) is 4.98 Å². The Hall–Kier alpha value is -5.51. The van der Waals surface area contributed by atoms with Gasteiger partial charge < -0.3 is 24.8 Å². The van der Waals surface area contributed by atoms with Crippen LogP contribution in [0, 0.1) is 28.9 Å². The third-order valence-electron chi connectivity index (χ3n) is 8.15. The molecule has 10 heteroatoms. The number of ether oxygens (including phenoxy) is 3. The molecule has 8 nitrogen and oxygen atoms in total. The lowest BCUT2D eigenvalue weighted by Gasteiger charge is -2.14. The van der Waals surface area contributed by atoms with Crippen molar-refractivity contribution in [2.75, 3.05) is 17.7 Å². The van der Waals surface area contributed by atoms with Gasteiger partial charge in [0.2, 0.25) is 11.8 Å². The molecule has 0 bridgehead atoms. The van der Waals surface area contributed by atoms with Crippen LogP contribution in [0.25, 0.3) is 10.9 Å². The first-order valence-corrected chi connectivity index (χ1v) is 14.6. The number of carbonyl (C=O) groups excluding carboxylic acids is 2. The molecule has 1 heterocycles. The maximum absolute atomic E-state index is 15.3. The van der Waals surface area contributed by atoms with Gasteiger partial charge in [0.05, 0.1) is 24.5 Å². The van der Waals surface area contributed by atoms with E-state index in [-0.39, 0.29) is 17.3 Å². The summed E-state index contributed by atoms with van der Waals surface area (Å²) in [5, 5.41) is 6.03. The van der Waals surface area contributed by atoms with E-state index in [1.165, 1.54) is 43.5 Å². The Morgan fingerprint density at radius 2 is 1.46 bits per heavy atom. The van der Waals surface area contributed by atoms with Crippen LogP contribution < -0.4 is 24.8 Å². The van der Waals surface area contributed by atoms with Crippen molar-refractivity contribution in [2.45, 2.75) is 20.5 Å². The van der Waals surface area contributed by atoms with Gasteiger partial charge in [0.25, 0.3) is 0 Å². The van der Waals surface area contributed by atoms with Gasteiger partial charge in [-0.15, -0.1) is 0 Å². The lowest BCUT2D eigenvalue weighted by Crippen LogP contribution is -2.20. The summed E-state index contributed by atoms with van der Waals surface area (Å²) in [6.07, 6.45) is 1.55. The van der Waals surface area contributed by atoms with Gasteiger partial charge in [0.1, 0.15) is 18.2 Å². The minimum absolute atomic E-state index is 0.0582. The highest BCUT2D eigenvalue weighted by Gasteiger charge is 2.65. The molecule has 6 rings (SSSR count). The quantitative estimate of drug-likeness (QED) is 0.165. The minimum atomic E-state index is -0.696. The number of methoxy groups -OCH3 is 1. The van der Waals surface area contributed by atoms with Crippen molar-refractivity contribution >= 4 is 34.1 Å².